The highest BCUT2D eigenvalue weighted by Crippen LogP contribution is 2.25. The van der Waals surface area contributed by atoms with E-state index in [-0.39, 0.29) is 22.5 Å². The molecule has 0 saturated heterocycles. The monoisotopic (exact) mass is 274 g/mol. The molecule has 0 amide bonds. The lowest BCUT2D eigenvalue weighted by molar-refractivity contribution is 0.475. The van der Waals surface area contributed by atoms with Crippen LogP contribution in [-0.2, 0) is 0 Å². The van der Waals surface area contributed by atoms with Gasteiger partial charge in [0.05, 0.1) is 5.39 Å². The molecule has 100 valence electrons. The SMILES string of the molecule is O=c1cc(-c2ccc(O)cc2)oc2cc(F)c(F)cc12. The quantitative estimate of drug-likeness (QED) is 0.739. The highest BCUT2D eigenvalue weighted by atomic mass is 19.2. The first-order valence-electron chi connectivity index (χ1n) is 5.77. The minimum atomic E-state index is -1.10. The largest absolute Gasteiger partial charge is 0.508 e. The van der Waals surface area contributed by atoms with E-state index in [4.69, 9.17) is 4.42 Å². The van der Waals surface area contributed by atoms with Crippen LogP contribution >= 0.6 is 0 Å². The van der Waals surface area contributed by atoms with Crippen molar-refractivity contribution in [2.75, 3.05) is 0 Å². The van der Waals surface area contributed by atoms with E-state index in [1.807, 2.05) is 0 Å². The molecular formula is C15H8F2O3. The third-order valence-corrected chi connectivity index (χ3v) is 2.92. The summed E-state index contributed by atoms with van der Waals surface area (Å²) in [6.07, 6.45) is 0. The maximum Gasteiger partial charge on any atom is 0.193 e. The van der Waals surface area contributed by atoms with Gasteiger partial charge in [0, 0.05) is 17.7 Å². The second-order valence-electron chi connectivity index (χ2n) is 4.28. The zero-order chi connectivity index (χ0) is 14.3. The summed E-state index contributed by atoms with van der Waals surface area (Å²) in [4.78, 5) is 11.9. The number of halogens is 2. The van der Waals surface area contributed by atoms with Crippen molar-refractivity contribution in [3.05, 3.63) is 64.3 Å². The fourth-order valence-corrected chi connectivity index (χ4v) is 1.92. The minimum Gasteiger partial charge on any atom is -0.508 e. The van der Waals surface area contributed by atoms with Crippen molar-refractivity contribution in [1.29, 1.82) is 0 Å². The second-order valence-corrected chi connectivity index (χ2v) is 4.28. The van der Waals surface area contributed by atoms with Crippen molar-refractivity contribution in [2.24, 2.45) is 0 Å². The molecule has 3 rings (SSSR count). The van der Waals surface area contributed by atoms with Gasteiger partial charge in [0.25, 0.3) is 0 Å². The van der Waals surface area contributed by atoms with Crippen LogP contribution in [0.4, 0.5) is 8.78 Å². The third kappa shape index (κ3) is 2.03. The van der Waals surface area contributed by atoms with Gasteiger partial charge in [-0.25, -0.2) is 8.78 Å². The minimum absolute atomic E-state index is 0.0218. The number of hydrogen-bond donors (Lipinski definition) is 1. The first-order valence-corrected chi connectivity index (χ1v) is 5.77. The van der Waals surface area contributed by atoms with Crippen molar-refractivity contribution in [1.82, 2.24) is 0 Å². The van der Waals surface area contributed by atoms with Gasteiger partial charge < -0.3 is 9.52 Å². The lowest BCUT2D eigenvalue weighted by atomic mass is 10.1. The van der Waals surface area contributed by atoms with Crippen molar-refractivity contribution in [3.63, 3.8) is 0 Å². The predicted octanol–water partition coefficient (Wildman–Crippen LogP) is 3.44. The van der Waals surface area contributed by atoms with Gasteiger partial charge in [-0.2, -0.15) is 0 Å². The van der Waals surface area contributed by atoms with Gasteiger partial charge in [-0.1, -0.05) is 0 Å². The molecule has 0 bridgehead atoms. The van der Waals surface area contributed by atoms with Gasteiger partial charge in [-0.15, -0.1) is 0 Å². The lowest BCUT2D eigenvalue weighted by Gasteiger charge is -2.04. The maximum atomic E-state index is 13.2. The summed E-state index contributed by atoms with van der Waals surface area (Å²) in [5.74, 6) is -1.89. The molecule has 0 aliphatic carbocycles. The van der Waals surface area contributed by atoms with E-state index in [2.05, 4.69) is 0 Å². The normalized spacial score (nSPS) is 10.9. The first kappa shape index (κ1) is 12.3. The van der Waals surface area contributed by atoms with E-state index >= 15 is 0 Å². The molecule has 1 N–H and O–H groups in total. The van der Waals surface area contributed by atoms with Crippen LogP contribution in [0.3, 0.4) is 0 Å². The van der Waals surface area contributed by atoms with E-state index in [0.717, 1.165) is 12.1 Å². The van der Waals surface area contributed by atoms with E-state index in [9.17, 15) is 18.7 Å². The smallest absolute Gasteiger partial charge is 0.193 e. The van der Waals surface area contributed by atoms with Gasteiger partial charge in [0.1, 0.15) is 17.1 Å². The molecule has 0 spiro atoms. The number of benzene rings is 2. The summed E-state index contributed by atoms with van der Waals surface area (Å²) in [7, 11) is 0. The Bertz CT molecular complexity index is 851. The zero-order valence-corrected chi connectivity index (χ0v) is 10.1. The third-order valence-electron chi connectivity index (χ3n) is 2.92. The number of aromatic hydroxyl groups is 1. The fraction of sp³-hybridized carbons (Fsp3) is 0. The molecular weight excluding hydrogens is 266 g/mol. The summed E-state index contributed by atoms with van der Waals surface area (Å²) in [5.41, 5.74) is 0.0548. The van der Waals surface area contributed by atoms with Gasteiger partial charge in [0.2, 0.25) is 0 Å². The molecule has 3 nitrogen and oxygen atoms in total. The molecule has 0 radical (unpaired) electrons. The van der Waals surface area contributed by atoms with E-state index in [1.54, 1.807) is 12.1 Å². The molecule has 20 heavy (non-hydrogen) atoms. The Hall–Kier alpha value is -2.69. The van der Waals surface area contributed by atoms with Crippen molar-refractivity contribution >= 4 is 11.0 Å². The molecule has 0 saturated carbocycles. The number of phenols is 1. The highest BCUT2D eigenvalue weighted by molar-refractivity contribution is 5.78. The fourth-order valence-electron chi connectivity index (χ4n) is 1.92. The maximum absolute atomic E-state index is 13.2. The number of rotatable bonds is 1. The molecule has 1 heterocycles. The molecule has 0 aliphatic heterocycles. The summed E-state index contributed by atoms with van der Waals surface area (Å²) in [6.45, 7) is 0. The van der Waals surface area contributed by atoms with Crippen LogP contribution in [-0.4, -0.2) is 5.11 Å². The topological polar surface area (TPSA) is 50.4 Å². The van der Waals surface area contributed by atoms with Crippen LogP contribution in [0.2, 0.25) is 0 Å². The molecule has 5 heteroatoms. The molecule has 0 atom stereocenters. The highest BCUT2D eigenvalue weighted by Gasteiger charge is 2.11. The van der Waals surface area contributed by atoms with Crippen LogP contribution in [0.25, 0.3) is 22.3 Å². The van der Waals surface area contributed by atoms with Crippen LogP contribution in [0.15, 0.2) is 51.7 Å². The number of fused-ring (bicyclic) bond motifs is 1. The Balaban J connectivity index is 2.26. The van der Waals surface area contributed by atoms with E-state index in [0.29, 0.717) is 5.56 Å². The average Bonchev–Trinajstić information content (AvgIpc) is 2.42. The average molecular weight is 274 g/mol. The van der Waals surface area contributed by atoms with Crippen LogP contribution in [0.1, 0.15) is 0 Å². The summed E-state index contributed by atoms with van der Waals surface area (Å²) < 4.78 is 31.7. The molecule has 0 fully saturated rings. The summed E-state index contributed by atoms with van der Waals surface area (Å²) >= 11 is 0. The summed E-state index contributed by atoms with van der Waals surface area (Å²) in [5, 5.41) is 9.19. The Labute approximate surface area is 111 Å². The van der Waals surface area contributed by atoms with E-state index in [1.165, 1.54) is 18.2 Å². The predicted molar refractivity (Wildman–Crippen MR) is 69.5 cm³/mol. The molecule has 0 unspecified atom stereocenters. The van der Waals surface area contributed by atoms with Crippen LogP contribution in [0, 0.1) is 11.6 Å². The Kier molecular flexibility index (Phi) is 2.75. The van der Waals surface area contributed by atoms with Crippen LogP contribution in [0.5, 0.6) is 5.75 Å². The van der Waals surface area contributed by atoms with Crippen molar-refractivity contribution < 1.29 is 18.3 Å². The lowest BCUT2D eigenvalue weighted by Crippen LogP contribution is -2.01. The van der Waals surface area contributed by atoms with Gasteiger partial charge in [-0.05, 0) is 30.3 Å². The second kappa shape index (κ2) is 4.45. The number of phenolic OH excluding ortho intramolecular Hbond substituents is 1. The van der Waals surface area contributed by atoms with Gasteiger partial charge in [-0.3, -0.25) is 4.79 Å². The van der Waals surface area contributed by atoms with Crippen molar-refractivity contribution in [2.45, 2.75) is 0 Å². The van der Waals surface area contributed by atoms with Crippen molar-refractivity contribution in [3.8, 4) is 17.1 Å². The number of hydrogen-bond acceptors (Lipinski definition) is 3. The standard InChI is InChI=1S/C15H8F2O3/c16-11-5-10-13(19)7-14(20-15(10)6-12(11)17)8-1-3-9(18)4-2-8/h1-7,18H. The summed E-state index contributed by atoms with van der Waals surface area (Å²) in [6, 6.07) is 8.84. The molecule has 2 aromatic carbocycles. The molecule has 1 aromatic heterocycles. The Morgan fingerprint density at radius 2 is 1.60 bits per heavy atom. The molecule has 3 aromatic rings. The first-order chi connectivity index (χ1) is 9.54. The Morgan fingerprint density at radius 1 is 0.950 bits per heavy atom. The zero-order valence-electron chi connectivity index (χ0n) is 10.1. The Morgan fingerprint density at radius 3 is 2.30 bits per heavy atom. The van der Waals surface area contributed by atoms with E-state index < -0.39 is 17.1 Å². The van der Waals surface area contributed by atoms with Crippen LogP contribution < -0.4 is 5.43 Å². The molecule has 0 aliphatic rings. The van der Waals surface area contributed by atoms with Gasteiger partial charge >= 0.3 is 0 Å². The van der Waals surface area contributed by atoms with Gasteiger partial charge in [0.15, 0.2) is 17.1 Å².